The first-order chi connectivity index (χ1) is 10.5. The van der Waals surface area contributed by atoms with Gasteiger partial charge in [0.1, 0.15) is 0 Å². The summed E-state index contributed by atoms with van der Waals surface area (Å²) in [6.45, 7) is 4.83. The van der Waals surface area contributed by atoms with E-state index in [1.54, 1.807) is 17.5 Å². The molecule has 0 aliphatic carbocycles. The van der Waals surface area contributed by atoms with Crippen molar-refractivity contribution in [2.75, 3.05) is 6.61 Å². The predicted octanol–water partition coefficient (Wildman–Crippen LogP) is 2.33. The Hall–Kier alpha value is -2.08. The Balaban J connectivity index is 1.86. The minimum absolute atomic E-state index is 0.0663. The molecular formula is C16H20N2O3S. The van der Waals surface area contributed by atoms with Gasteiger partial charge in [-0.25, -0.2) is 0 Å². The maximum Gasteiger partial charge on any atom is 0.225 e. The highest BCUT2D eigenvalue weighted by atomic mass is 32.1. The number of amides is 1. The molecule has 0 aliphatic heterocycles. The first-order valence-electron chi connectivity index (χ1n) is 7.18. The van der Waals surface area contributed by atoms with Crippen LogP contribution in [0.1, 0.15) is 24.4 Å². The molecule has 0 saturated carbocycles. The van der Waals surface area contributed by atoms with E-state index in [9.17, 15) is 9.59 Å². The Morgan fingerprint density at radius 1 is 1.45 bits per heavy atom. The van der Waals surface area contributed by atoms with Gasteiger partial charge in [0.15, 0.2) is 5.75 Å². The monoisotopic (exact) mass is 320 g/mol. The molecule has 2 aromatic rings. The van der Waals surface area contributed by atoms with Gasteiger partial charge in [0, 0.05) is 22.8 Å². The van der Waals surface area contributed by atoms with E-state index in [1.807, 2.05) is 31.4 Å². The van der Waals surface area contributed by atoms with Crippen molar-refractivity contribution in [1.29, 1.82) is 0 Å². The first-order valence-corrected chi connectivity index (χ1v) is 8.06. The maximum atomic E-state index is 11.9. The largest absolute Gasteiger partial charge is 0.488 e. The molecule has 0 atom stereocenters. The number of carbonyl (C=O) groups excluding carboxylic acids is 1. The minimum Gasteiger partial charge on any atom is -0.488 e. The summed E-state index contributed by atoms with van der Waals surface area (Å²) in [6, 6.07) is 5.30. The summed E-state index contributed by atoms with van der Waals surface area (Å²) in [6.07, 6.45) is 1.91. The summed E-state index contributed by atoms with van der Waals surface area (Å²) in [5.74, 6) is 0.599. The van der Waals surface area contributed by atoms with Crippen LogP contribution in [0.3, 0.4) is 0 Å². The highest BCUT2D eigenvalue weighted by Gasteiger charge is 2.07. The topological polar surface area (TPSA) is 71.2 Å². The molecule has 0 aromatic carbocycles. The molecule has 0 spiro atoms. The fraction of sp³-hybridized carbons (Fsp3) is 0.375. The quantitative estimate of drug-likeness (QED) is 0.822. The van der Waals surface area contributed by atoms with Gasteiger partial charge in [-0.3, -0.25) is 9.59 Å². The standard InChI is InChI=1S/C16H20N2O3S/c1-11(2)10-21-15-9-17-12(6-14(15)19)8-18-16(20)7-13-4-3-5-22-13/h3-6,9,11H,7-8,10H2,1-2H3,(H,17,19)(H,18,20). The molecule has 0 aliphatic rings. The van der Waals surface area contributed by atoms with Gasteiger partial charge in [0.25, 0.3) is 0 Å². The first kappa shape index (κ1) is 16.3. The molecule has 118 valence electrons. The molecule has 5 nitrogen and oxygen atoms in total. The van der Waals surface area contributed by atoms with Crippen LogP contribution in [0.25, 0.3) is 0 Å². The average molecular weight is 320 g/mol. The van der Waals surface area contributed by atoms with Crippen LogP contribution in [-0.2, 0) is 17.8 Å². The van der Waals surface area contributed by atoms with Crippen LogP contribution in [0.15, 0.2) is 34.6 Å². The van der Waals surface area contributed by atoms with Crippen molar-refractivity contribution in [1.82, 2.24) is 10.3 Å². The van der Waals surface area contributed by atoms with Gasteiger partial charge in [-0.05, 0) is 17.4 Å². The number of aromatic nitrogens is 1. The number of H-pyrrole nitrogens is 1. The molecule has 2 N–H and O–H groups in total. The number of pyridine rings is 1. The van der Waals surface area contributed by atoms with Crippen molar-refractivity contribution < 1.29 is 9.53 Å². The van der Waals surface area contributed by atoms with E-state index in [2.05, 4.69) is 10.3 Å². The molecule has 0 radical (unpaired) electrons. The van der Waals surface area contributed by atoms with Gasteiger partial charge < -0.3 is 15.0 Å². The maximum absolute atomic E-state index is 11.9. The molecule has 0 bridgehead atoms. The van der Waals surface area contributed by atoms with E-state index in [4.69, 9.17) is 4.74 Å². The van der Waals surface area contributed by atoms with E-state index in [0.717, 1.165) is 4.88 Å². The number of carbonyl (C=O) groups is 1. The van der Waals surface area contributed by atoms with E-state index < -0.39 is 0 Å². The van der Waals surface area contributed by atoms with Crippen molar-refractivity contribution in [2.45, 2.75) is 26.8 Å². The van der Waals surface area contributed by atoms with Crippen LogP contribution in [0.5, 0.6) is 5.75 Å². The van der Waals surface area contributed by atoms with Crippen molar-refractivity contribution >= 4 is 17.2 Å². The zero-order valence-electron chi connectivity index (χ0n) is 12.7. The lowest BCUT2D eigenvalue weighted by molar-refractivity contribution is -0.120. The van der Waals surface area contributed by atoms with Gasteiger partial charge in [0.2, 0.25) is 11.3 Å². The number of rotatable bonds is 7. The van der Waals surface area contributed by atoms with Crippen LogP contribution in [0.2, 0.25) is 0 Å². The summed E-state index contributed by atoms with van der Waals surface area (Å²) in [5.41, 5.74) is 0.475. The third-order valence-corrected chi connectivity index (χ3v) is 3.78. The SMILES string of the molecule is CC(C)COc1c[nH]c(CNC(=O)Cc2cccs2)cc1=O. The fourth-order valence-corrected chi connectivity index (χ4v) is 2.50. The van der Waals surface area contributed by atoms with Gasteiger partial charge in [-0.15, -0.1) is 11.3 Å². The molecule has 2 rings (SSSR count). The van der Waals surface area contributed by atoms with Gasteiger partial charge in [0.05, 0.1) is 19.6 Å². The summed E-state index contributed by atoms with van der Waals surface area (Å²) in [5, 5.41) is 4.73. The Morgan fingerprint density at radius 3 is 2.91 bits per heavy atom. The summed E-state index contributed by atoms with van der Waals surface area (Å²) in [4.78, 5) is 27.7. The van der Waals surface area contributed by atoms with Crippen molar-refractivity contribution in [3.63, 3.8) is 0 Å². The minimum atomic E-state index is -0.179. The molecule has 0 fully saturated rings. The molecule has 0 unspecified atom stereocenters. The third-order valence-electron chi connectivity index (χ3n) is 2.90. The number of aromatic amines is 1. The second kappa shape index (κ2) is 7.79. The van der Waals surface area contributed by atoms with Crippen molar-refractivity contribution in [2.24, 2.45) is 5.92 Å². The summed E-state index contributed by atoms with van der Waals surface area (Å²) in [7, 11) is 0. The average Bonchev–Trinajstić information content (AvgIpc) is 2.96. The fourth-order valence-electron chi connectivity index (χ4n) is 1.80. The zero-order valence-corrected chi connectivity index (χ0v) is 13.5. The van der Waals surface area contributed by atoms with Crippen molar-refractivity contribution in [3.05, 3.63) is 50.6 Å². The summed E-state index contributed by atoms with van der Waals surface area (Å²) >= 11 is 1.55. The number of ether oxygens (including phenoxy) is 1. The number of thiophene rings is 1. The lowest BCUT2D eigenvalue weighted by Gasteiger charge is -2.09. The second-order valence-corrected chi connectivity index (χ2v) is 6.46. The normalized spacial score (nSPS) is 10.7. The van der Waals surface area contributed by atoms with E-state index in [1.165, 1.54) is 6.07 Å². The van der Waals surface area contributed by atoms with Crippen LogP contribution in [0.4, 0.5) is 0 Å². The second-order valence-electron chi connectivity index (χ2n) is 5.42. The van der Waals surface area contributed by atoms with Gasteiger partial charge in [-0.1, -0.05) is 19.9 Å². The highest BCUT2D eigenvalue weighted by molar-refractivity contribution is 7.10. The third kappa shape index (κ3) is 5.04. The summed E-state index contributed by atoms with van der Waals surface area (Å²) < 4.78 is 5.42. The molecule has 22 heavy (non-hydrogen) atoms. The predicted molar refractivity (Wildman–Crippen MR) is 87.3 cm³/mol. The molecule has 2 heterocycles. The van der Waals surface area contributed by atoms with Gasteiger partial charge in [-0.2, -0.15) is 0 Å². The number of hydrogen-bond acceptors (Lipinski definition) is 4. The van der Waals surface area contributed by atoms with Crippen LogP contribution in [-0.4, -0.2) is 17.5 Å². The molecule has 2 aromatic heterocycles. The molecule has 1 amide bonds. The smallest absolute Gasteiger partial charge is 0.225 e. The van der Waals surface area contributed by atoms with E-state index >= 15 is 0 Å². The Labute approximate surface area is 133 Å². The Morgan fingerprint density at radius 2 is 2.27 bits per heavy atom. The molecular weight excluding hydrogens is 300 g/mol. The Bertz CT molecular complexity index is 662. The van der Waals surface area contributed by atoms with Crippen molar-refractivity contribution in [3.8, 4) is 5.75 Å². The lowest BCUT2D eigenvalue weighted by atomic mass is 10.2. The molecule has 0 saturated heterocycles. The van der Waals surface area contributed by atoms with Gasteiger partial charge >= 0.3 is 0 Å². The highest BCUT2D eigenvalue weighted by Crippen LogP contribution is 2.09. The lowest BCUT2D eigenvalue weighted by Crippen LogP contribution is -2.25. The van der Waals surface area contributed by atoms with Crippen LogP contribution >= 0.6 is 11.3 Å². The van der Waals surface area contributed by atoms with E-state index in [-0.39, 0.29) is 11.3 Å². The zero-order chi connectivity index (χ0) is 15.9. The number of nitrogens with one attached hydrogen (secondary N) is 2. The van der Waals surface area contributed by atoms with Crippen LogP contribution in [0, 0.1) is 5.92 Å². The Kier molecular flexibility index (Phi) is 5.77. The molecule has 6 heteroatoms. The number of hydrogen-bond donors (Lipinski definition) is 2. The van der Waals surface area contributed by atoms with E-state index in [0.29, 0.717) is 36.9 Å². The van der Waals surface area contributed by atoms with Crippen LogP contribution < -0.4 is 15.5 Å².